The molecule has 1 aliphatic heterocycles. The molecule has 1 rings (SSSR count). The first kappa shape index (κ1) is 23.8. The fourth-order valence-corrected chi connectivity index (χ4v) is 3.52. The zero-order chi connectivity index (χ0) is 20.0. The van der Waals surface area contributed by atoms with Gasteiger partial charge in [-0.3, -0.25) is 14.9 Å². The van der Waals surface area contributed by atoms with Crippen molar-refractivity contribution in [1.82, 2.24) is 5.32 Å². The van der Waals surface area contributed by atoms with Crippen LogP contribution in [0.1, 0.15) is 103 Å². The lowest BCUT2D eigenvalue weighted by atomic mass is 9.92. The van der Waals surface area contributed by atoms with Gasteiger partial charge in [0.15, 0.2) is 11.7 Å². The molecule has 27 heavy (non-hydrogen) atoms. The van der Waals surface area contributed by atoms with E-state index in [0.717, 1.165) is 25.7 Å². The highest BCUT2D eigenvalue weighted by Gasteiger charge is 2.53. The number of amides is 2. The minimum absolute atomic E-state index is 0.132. The average Bonchev–Trinajstić information content (AvgIpc) is 2.84. The topological polar surface area (TPSA) is 86.6 Å². The zero-order valence-corrected chi connectivity index (χ0v) is 17.0. The van der Waals surface area contributed by atoms with E-state index in [-0.39, 0.29) is 6.42 Å². The summed E-state index contributed by atoms with van der Waals surface area (Å²) in [6, 6.07) is 0. The van der Waals surface area contributed by atoms with Gasteiger partial charge in [0.05, 0.1) is 0 Å². The molecule has 2 amide bonds. The third-order valence-corrected chi connectivity index (χ3v) is 5.40. The highest BCUT2D eigenvalue weighted by atomic mass is 16.4. The third-order valence-electron chi connectivity index (χ3n) is 5.40. The van der Waals surface area contributed by atoms with Crippen LogP contribution in [-0.2, 0) is 9.59 Å². The molecule has 1 saturated heterocycles. The van der Waals surface area contributed by atoms with Crippen molar-refractivity contribution in [3.05, 3.63) is 12.2 Å². The number of rotatable bonds is 16. The first-order valence-corrected chi connectivity index (χ1v) is 10.9. The highest BCUT2D eigenvalue weighted by molar-refractivity contribution is 6.10. The molecule has 0 aromatic rings. The van der Waals surface area contributed by atoms with Crippen LogP contribution in [0.4, 0.5) is 0 Å². The van der Waals surface area contributed by atoms with Crippen LogP contribution in [0.15, 0.2) is 12.2 Å². The first-order chi connectivity index (χ1) is 13.0. The van der Waals surface area contributed by atoms with Gasteiger partial charge in [-0.15, -0.1) is 0 Å². The van der Waals surface area contributed by atoms with Crippen LogP contribution in [0.3, 0.4) is 0 Å². The normalized spacial score (nSPS) is 22.7. The van der Waals surface area contributed by atoms with Gasteiger partial charge in [0.25, 0.3) is 11.8 Å². The number of allylic oxidation sites excluding steroid dienone is 2. The van der Waals surface area contributed by atoms with Crippen LogP contribution in [0.5, 0.6) is 0 Å². The lowest BCUT2D eigenvalue weighted by Gasteiger charge is -2.21. The Hall–Kier alpha value is -1.20. The largest absolute Gasteiger partial charge is 0.380 e. The second-order valence-electron chi connectivity index (χ2n) is 7.83. The van der Waals surface area contributed by atoms with Crippen molar-refractivity contribution < 1.29 is 19.8 Å². The molecule has 0 saturated carbocycles. The Balaban J connectivity index is 1.90. The van der Waals surface area contributed by atoms with E-state index in [2.05, 4.69) is 19.1 Å². The number of hydrogen-bond acceptors (Lipinski definition) is 4. The molecular formula is C22H39NO4. The Labute approximate surface area is 164 Å². The fourth-order valence-electron chi connectivity index (χ4n) is 3.52. The van der Waals surface area contributed by atoms with E-state index in [0.29, 0.717) is 6.42 Å². The van der Waals surface area contributed by atoms with Gasteiger partial charge in [0, 0.05) is 0 Å². The second-order valence-corrected chi connectivity index (χ2v) is 7.83. The van der Waals surface area contributed by atoms with Crippen molar-refractivity contribution >= 4 is 11.8 Å². The molecule has 0 spiro atoms. The number of aliphatic hydroxyl groups excluding tert-OH is 1. The molecule has 2 unspecified atom stereocenters. The molecule has 0 aromatic heterocycles. The fraction of sp³-hybridized carbons (Fsp3) is 0.818. The predicted molar refractivity (Wildman–Crippen MR) is 108 cm³/mol. The Bertz CT molecular complexity index is 463. The van der Waals surface area contributed by atoms with Gasteiger partial charge in [-0.2, -0.15) is 0 Å². The number of imide groups is 1. The Morgan fingerprint density at radius 3 is 1.81 bits per heavy atom. The maximum Gasteiger partial charge on any atom is 0.261 e. The summed E-state index contributed by atoms with van der Waals surface area (Å²) in [6.07, 6.45) is 19.7. The molecule has 0 radical (unpaired) electrons. The second kappa shape index (κ2) is 13.9. The summed E-state index contributed by atoms with van der Waals surface area (Å²) in [5, 5.41) is 21.7. The van der Waals surface area contributed by atoms with E-state index in [9.17, 15) is 19.8 Å². The van der Waals surface area contributed by atoms with Crippen molar-refractivity contribution in [2.24, 2.45) is 0 Å². The molecule has 0 aliphatic carbocycles. The van der Waals surface area contributed by atoms with E-state index in [1.54, 1.807) is 0 Å². The Morgan fingerprint density at radius 2 is 1.33 bits per heavy atom. The number of nitrogens with one attached hydrogen (secondary N) is 1. The molecule has 3 N–H and O–H groups in total. The lowest BCUT2D eigenvalue weighted by molar-refractivity contribution is -0.146. The third kappa shape index (κ3) is 9.02. The summed E-state index contributed by atoms with van der Waals surface area (Å²) < 4.78 is 0. The molecule has 0 bridgehead atoms. The molecule has 2 atom stereocenters. The molecule has 0 aromatic carbocycles. The van der Waals surface area contributed by atoms with Crippen LogP contribution in [0.25, 0.3) is 0 Å². The number of hydrogen-bond donors (Lipinski definition) is 3. The summed E-state index contributed by atoms with van der Waals surface area (Å²) >= 11 is 0. The van der Waals surface area contributed by atoms with Crippen LogP contribution in [-0.4, -0.2) is 33.7 Å². The Morgan fingerprint density at radius 1 is 0.852 bits per heavy atom. The molecular weight excluding hydrogens is 342 g/mol. The van der Waals surface area contributed by atoms with Gasteiger partial charge >= 0.3 is 0 Å². The van der Waals surface area contributed by atoms with Gasteiger partial charge in [-0.1, -0.05) is 76.9 Å². The molecule has 5 nitrogen and oxygen atoms in total. The van der Waals surface area contributed by atoms with Gasteiger partial charge in [-0.25, -0.2) is 0 Å². The van der Waals surface area contributed by atoms with Crippen molar-refractivity contribution in [1.29, 1.82) is 0 Å². The smallest absolute Gasteiger partial charge is 0.261 e. The SMILES string of the molecule is CCCCCCCC/C=C\CCCCCCCCC1(O)C(=O)NC(=O)C1O. The van der Waals surface area contributed by atoms with E-state index in [1.165, 1.54) is 57.8 Å². The number of carbonyl (C=O) groups excluding carboxylic acids is 2. The lowest BCUT2D eigenvalue weighted by Crippen LogP contribution is -2.45. The predicted octanol–water partition coefficient (Wildman–Crippen LogP) is 4.16. The van der Waals surface area contributed by atoms with E-state index < -0.39 is 23.5 Å². The number of aliphatic hydroxyl groups is 2. The summed E-state index contributed by atoms with van der Waals surface area (Å²) in [6.45, 7) is 2.25. The van der Waals surface area contributed by atoms with Gasteiger partial charge in [-0.05, 0) is 38.5 Å². The van der Waals surface area contributed by atoms with Gasteiger partial charge < -0.3 is 10.2 Å². The van der Waals surface area contributed by atoms with E-state index in [4.69, 9.17) is 0 Å². The molecule has 1 aliphatic rings. The molecule has 156 valence electrons. The Kier molecular flexibility index (Phi) is 12.3. The number of carbonyl (C=O) groups is 2. The molecule has 5 heteroatoms. The first-order valence-electron chi connectivity index (χ1n) is 10.9. The molecule has 1 fully saturated rings. The number of unbranched alkanes of at least 4 members (excludes halogenated alkanes) is 12. The quantitative estimate of drug-likeness (QED) is 0.213. The monoisotopic (exact) mass is 381 g/mol. The van der Waals surface area contributed by atoms with Gasteiger partial charge in [0.1, 0.15) is 0 Å². The maximum absolute atomic E-state index is 11.6. The minimum Gasteiger partial charge on any atom is -0.380 e. The summed E-state index contributed by atoms with van der Waals surface area (Å²) in [4.78, 5) is 22.8. The van der Waals surface area contributed by atoms with E-state index in [1.807, 2.05) is 5.32 Å². The standard InChI is InChI=1S/C22H39NO4/c1-2-3-4-5-6-7-8-9-10-11-12-13-14-15-16-17-18-22(27)19(24)20(25)23-21(22)26/h9-10,19,24,27H,2-8,11-18H2,1H3,(H,23,25,26)/b10-9-. The van der Waals surface area contributed by atoms with E-state index >= 15 is 0 Å². The summed E-state index contributed by atoms with van der Waals surface area (Å²) in [5.41, 5.74) is -1.93. The van der Waals surface area contributed by atoms with Crippen molar-refractivity contribution in [2.45, 2.75) is 115 Å². The van der Waals surface area contributed by atoms with Crippen LogP contribution >= 0.6 is 0 Å². The van der Waals surface area contributed by atoms with Crippen LogP contribution < -0.4 is 5.32 Å². The minimum atomic E-state index is -1.93. The highest BCUT2D eigenvalue weighted by Crippen LogP contribution is 2.25. The van der Waals surface area contributed by atoms with Crippen molar-refractivity contribution in [3.63, 3.8) is 0 Å². The van der Waals surface area contributed by atoms with Gasteiger partial charge in [0.2, 0.25) is 0 Å². The van der Waals surface area contributed by atoms with Crippen LogP contribution in [0.2, 0.25) is 0 Å². The van der Waals surface area contributed by atoms with Crippen molar-refractivity contribution in [2.75, 3.05) is 0 Å². The zero-order valence-electron chi connectivity index (χ0n) is 17.0. The maximum atomic E-state index is 11.6. The summed E-state index contributed by atoms with van der Waals surface area (Å²) in [5.74, 6) is -1.57. The van der Waals surface area contributed by atoms with Crippen molar-refractivity contribution in [3.8, 4) is 0 Å². The average molecular weight is 382 g/mol. The summed E-state index contributed by atoms with van der Waals surface area (Å²) in [7, 11) is 0. The molecule has 1 heterocycles. The van der Waals surface area contributed by atoms with Crippen LogP contribution in [0, 0.1) is 0 Å².